The molecule has 0 amide bonds. The molecule has 0 bridgehead atoms. The Kier molecular flexibility index (Phi) is 3.97. The fraction of sp³-hybridized carbons (Fsp3) is 0.462. The van der Waals surface area contributed by atoms with Crippen molar-refractivity contribution in [1.82, 2.24) is 0 Å². The van der Waals surface area contributed by atoms with Crippen molar-refractivity contribution in [3.05, 3.63) is 29.8 Å². The zero-order chi connectivity index (χ0) is 12.3. The van der Waals surface area contributed by atoms with E-state index in [-0.39, 0.29) is 0 Å². The molecule has 92 valence electrons. The van der Waals surface area contributed by atoms with Crippen LogP contribution in [0.25, 0.3) is 0 Å². The fourth-order valence-corrected chi connectivity index (χ4v) is 2.45. The molecule has 2 atom stereocenters. The van der Waals surface area contributed by atoms with Crippen molar-refractivity contribution in [2.24, 2.45) is 5.73 Å². The summed E-state index contributed by atoms with van der Waals surface area (Å²) in [5.41, 5.74) is 7.56. The Hall–Kier alpha value is -1.13. The van der Waals surface area contributed by atoms with E-state index in [1.807, 2.05) is 24.3 Å². The number of rotatable bonds is 4. The molecule has 4 heteroatoms. The highest BCUT2D eigenvalue weighted by Crippen LogP contribution is 2.25. The van der Waals surface area contributed by atoms with E-state index in [0.29, 0.717) is 17.1 Å². The molecule has 1 aliphatic rings. The lowest BCUT2D eigenvalue weighted by atomic mass is 10.1. The van der Waals surface area contributed by atoms with Crippen LogP contribution in [0.2, 0.25) is 0 Å². The number of thiocarbonyl (C=S) groups is 1. The minimum absolute atomic E-state index is 0.324. The van der Waals surface area contributed by atoms with Crippen LogP contribution in [-0.2, 0) is 4.74 Å². The number of nitrogens with two attached hydrogens (primary N) is 1. The molecular formula is C13H18N2OS. The Morgan fingerprint density at radius 1 is 1.35 bits per heavy atom. The van der Waals surface area contributed by atoms with Crippen LogP contribution in [0.5, 0.6) is 0 Å². The fourth-order valence-electron chi connectivity index (χ4n) is 2.32. The lowest BCUT2D eigenvalue weighted by Gasteiger charge is -2.20. The quantitative estimate of drug-likeness (QED) is 0.805. The van der Waals surface area contributed by atoms with Crippen LogP contribution in [0.4, 0.5) is 5.69 Å². The molecule has 3 N–H and O–H groups in total. The van der Waals surface area contributed by atoms with Crippen molar-refractivity contribution in [2.45, 2.75) is 31.4 Å². The minimum Gasteiger partial charge on any atom is -0.389 e. The third-order valence-corrected chi connectivity index (χ3v) is 3.51. The zero-order valence-electron chi connectivity index (χ0n) is 9.98. The summed E-state index contributed by atoms with van der Waals surface area (Å²) in [6.45, 7) is 0. The molecule has 1 aromatic rings. The van der Waals surface area contributed by atoms with E-state index in [4.69, 9.17) is 22.7 Å². The van der Waals surface area contributed by atoms with E-state index in [1.54, 1.807) is 7.11 Å². The SMILES string of the molecule is COC1CCCC1Nc1ccc(C(N)=S)cc1. The number of ether oxygens (including phenoxy) is 1. The normalized spacial score (nSPS) is 23.6. The van der Waals surface area contributed by atoms with Crippen molar-refractivity contribution < 1.29 is 4.74 Å². The number of methoxy groups -OCH3 is 1. The molecule has 1 fully saturated rings. The Labute approximate surface area is 107 Å². The number of anilines is 1. The van der Waals surface area contributed by atoms with Gasteiger partial charge in [-0.15, -0.1) is 0 Å². The second kappa shape index (κ2) is 5.47. The summed E-state index contributed by atoms with van der Waals surface area (Å²) in [5.74, 6) is 0. The second-order valence-electron chi connectivity index (χ2n) is 4.40. The van der Waals surface area contributed by atoms with Gasteiger partial charge in [0.1, 0.15) is 4.99 Å². The van der Waals surface area contributed by atoms with E-state index in [9.17, 15) is 0 Å². The Bertz CT molecular complexity index is 391. The van der Waals surface area contributed by atoms with Crippen LogP contribution in [0.1, 0.15) is 24.8 Å². The molecule has 0 heterocycles. The summed E-state index contributed by atoms with van der Waals surface area (Å²) < 4.78 is 5.45. The molecule has 2 rings (SSSR count). The van der Waals surface area contributed by atoms with Crippen LogP contribution in [0.15, 0.2) is 24.3 Å². The molecule has 3 nitrogen and oxygen atoms in total. The van der Waals surface area contributed by atoms with Gasteiger partial charge in [0.05, 0.1) is 12.1 Å². The van der Waals surface area contributed by atoms with E-state index < -0.39 is 0 Å². The van der Waals surface area contributed by atoms with Crippen molar-refractivity contribution in [2.75, 3.05) is 12.4 Å². The molecule has 0 aromatic heterocycles. The number of hydrogen-bond acceptors (Lipinski definition) is 3. The summed E-state index contributed by atoms with van der Waals surface area (Å²) in [6.07, 6.45) is 3.85. The average Bonchev–Trinajstić information content (AvgIpc) is 2.77. The summed E-state index contributed by atoms with van der Waals surface area (Å²) in [7, 11) is 1.78. The maximum Gasteiger partial charge on any atom is 0.103 e. The Balaban J connectivity index is 2.01. The predicted octanol–water partition coefficient (Wildman–Crippen LogP) is 2.30. The van der Waals surface area contributed by atoms with E-state index in [0.717, 1.165) is 24.1 Å². The summed E-state index contributed by atoms with van der Waals surface area (Å²) in [6, 6.07) is 8.33. The topological polar surface area (TPSA) is 47.3 Å². The van der Waals surface area contributed by atoms with Crippen LogP contribution < -0.4 is 11.1 Å². The first kappa shape index (κ1) is 12.3. The zero-order valence-corrected chi connectivity index (χ0v) is 10.8. The smallest absolute Gasteiger partial charge is 0.103 e. The van der Waals surface area contributed by atoms with Gasteiger partial charge in [0, 0.05) is 18.4 Å². The monoisotopic (exact) mass is 250 g/mol. The van der Waals surface area contributed by atoms with Crippen molar-refractivity contribution in [1.29, 1.82) is 0 Å². The molecular weight excluding hydrogens is 232 g/mol. The number of hydrogen-bond donors (Lipinski definition) is 2. The number of nitrogens with one attached hydrogen (secondary N) is 1. The first-order chi connectivity index (χ1) is 8.20. The standard InChI is InChI=1S/C13H18N2OS/c1-16-12-4-2-3-11(12)15-10-7-5-9(6-8-10)13(14)17/h5-8,11-12,15H,2-4H2,1H3,(H2,14,17). The van der Waals surface area contributed by atoms with E-state index in [1.165, 1.54) is 6.42 Å². The Morgan fingerprint density at radius 2 is 2.06 bits per heavy atom. The highest BCUT2D eigenvalue weighted by Gasteiger charge is 2.26. The van der Waals surface area contributed by atoms with Crippen LogP contribution in [-0.4, -0.2) is 24.2 Å². The lowest BCUT2D eigenvalue weighted by molar-refractivity contribution is 0.101. The van der Waals surface area contributed by atoms with Crippen LogP contribution in [0, 0.1) is 0 Å². The Morgan fingerprint density at radius 3 is 2.65 bits per heavy atom. The lowest BCUT2D eigenvalue weighted by Crippen LogP contribution is -2.29. The molecule has 17 heavy (non-hydrogen) atoms. The van der Waals surface area contributed by atoms with Gasteiger partial charge in [-0.1, -0.05) is 12.2 Å². The molecule has 0 radical (unpaired) electrons. The third kappa shape index (κ3) is 2.96. The maximum atomic E-state index is 5.56. The molecule has 2 unspecified atom stereocenters. The van der Waals surface area contributed by atoms with Crippen molar-refractivity contribution >= 4 is 22.9 Å². The maximum absolute atomic E-state index is 5.56. The largest absolute Gasteiger partial charge is 0.389 e. The van der Waals surface area contributed by atoms with Gasteiger partial charge in [0.2, 0.25) is 0 Å². The highest BCUT2D eigenvalue weighted by atomic mass is 32.1. The second-order valence-corrected chi connectivity index (χ2v) is 4.84. The summed E-state index contributed by atoms with van der Waals surface area (Å²) in [5, 5.41) is 3.50. The van der Waals surface area contributed by atoms with Gasteiger partial charge in [-0.3, -0.25) is 0 Å². The van der Waals surface area contributed by atoms with Gasteiger partial charge < -0.3 is 15.8 Å². The molecule has 1 aliphatic carbocycles. The molecule has 1 saturated carbocycles. The minimum atomic E-state index is 0.324. The first-order valence-electron chi connectivity index (χ1n) is 5.90. The van der Waals surface area contributed by atoms with Gasteiger partial charge >= 0.3 is 0 Å². The summed E-state index contributed by atoms with van der Waals surface area (Å²) in [4.78, 5) is 0.437. The van der Waals surface area contributed by atoms with Gasteiger partial charge in [-0.05, 0) is 43.5 Å². The van der Waals surface area contributed by atoms with Crippen molar-refractivity contribution in [3.63, 3.8) is 0 Å². The van der Waals surface area contributed by atoms with Crippen LogP contribution in [0.3, 0.4) is 0 Å². The van der Waals surface area contributed by atoms with E-state index >= 15 is 0 Å². The molecule has 1 aromatic carbocycles. The molecule has 0 saturated heterocycles. The average molecular weight is 250 g/mol. The summed E-state index contributed by atoms with van der Waals surface area (Å²) >= 11 is 4.92. The third-order valence-electron chi connectivity index (χ3n) is 3.28. The van der Waals surface area contributed by atoms with Gasteiger partial charge in [0.25, 0.3) is 0 Å². The van der Waals surface area contributed by atoms with Gasteiger partial charge in [0.15, 0.2) is 0 Å². The van der Waals surface area contributed by atoms with Gasteiger partial charge in [-0.2, -0.15) is 0 Å². The van der Waals surface area contributed by atoms with Crippen LogP contribution >= 0.6 is 12.2 Å². The van der Waals surface area contributed by atoms with Crippen molar-refractivity contribution in [3.8, 4) is 0 Å². The first-order valence-corrected chi connectivity index (χ1v) is 6.30. The van der Waals surface area contributed by atoms with E-state index in [2.05, 4.69) is 5.32 Å². The number of benzene rings is 1. The molecule has 0 aliphatic heterocycles. The molecule has 0 spiro atoms. The predicted molar refractivity (Wildman–Crippen MR) is 74.4 cm³/mol. The highest BCUT2D eigenvalue weighted by molar-refractivity contribution is 7.80. The van der Waals surface area contributed by atoms with Gasteiger partial charge in [-0.25, -0.2) is 0 Å².